The number of hydrogen-bond acceptors (Lipinski definition) is 6. The summed E-state index contributed by atoms with van der Waals surface area (Å²) in [5, 5.41) is 3.77. The Balaban J connectivity index is 3.10. The Hall–Kier alpha value is -1.79. The highest BCUT2D eigenvalue weighted by Crippen LogP contribution is 2.36. The lowest BCUT2D eigenvalue weighted by Gasteiger charge is -2.27. The molecule has 0 aromatic heterocycles. The Bertz CT molecular complexity index is 572. The number of nitrogens with zero attached hydrogens (tertiary/aromatic N) is 3. The Morgan fingerprint density at radius 1 is 1.12 bits per heavy atom. The van der Waals surface area contributed by atoms with Crippen molar-refractivity contribution in [2.75, 3.05) is 0 Å². The van der Waals surface area contributed by atoms with Crippen LogP contribution in [0.5, 0.6) is 0 Å². The molecule has 0 aliphatic carbocycles. The molecule has 8 nitrogen and oxygen atoms in total. The average molecular weight is 369 g/mol. The van der Waals surface area contributed by atoms with E-state index in [9.17, 15) is 9.59 Å². The van der Waals surface area contributed by atoms with Crippen molar-refractivity contribution in [3.05, 3.63) is 10.4 Å². The predicted octanol–water partition coefficient (Wildman–Crippen LogP) is 3.98. The minimum absolute atomic E-state index is 0.297. The van der Waals surface area contributed by atoms with E-state index in [-0.39, 0.29) is 5.92 Å². The van der Waals surface area contributed by atoms with Gasteiger partial charge in [0.2, 0.25) is 6.29 Å². The third-order valence-electron chi connectivity index (χ3n) is 4.28. The van der Waals surface area contributed by atoms with Crippen LogP contribution < -0.4 is 0 Å². The molecule has 0 amide bonds. The van der Waals surface area contributed by atoms with Crippen LogP contribution in [0.1, 0.15) is 61.8 Å². The standard InChI is InChI=1S/C18H31N3O5/c1-9-11(20-21-19)12-10(2)13(25-15(22)17(3,4)5)14(24-12)26-16(23)18(6,7)8/h10-14H,9H2,1-8H3/t10-,11+,12+,13+,14-/m0/s1. The van der Waals surface area contributed by atoms with Crippen LogP contribution in [-0.2, 0) is 23.8 Å². The van der Waals surface area contributed by atoms with E-state index >= 15 is 0 Å². The van der Waals surface area contributed by atoms with Gasteiger partial charge in [0, 0.05) is 10.8 Å². The molecular weight excluding hydrogens is 338 g/mol. The van der Waals surface area contributed by atoms with Crippen LogP contribution in [0.25, 0.3) is 10.4 Å². The smallest absolute Gasteiger partial charge is 0.313 e. The Kier molecular flexibility index (Phi) is 7.08. The van der Waals surface area contributed by atoms with E-state index in [0.29, 0.717) is 6.42 Å². The zero-order valence-corrected chi connectivity index (χ0v) is 17.0. The summed E-state index contributed by atoms with van der Waals surface area (Å²) in [6, 6.07) is -0.441. The van der Waals surface area contributed by atoms with Gasteiger partial charge in [-0.1, -0.05) is 19.0 Å². The number of hydrogen-bond donors (Lipinski definition) is 0. The predicted molar refractivity (Wildman–Crippen MR) is 95.9 cm³/mol. The lowest BCUT2D eigenvalue weighted by molar-refractivity contribution is -0.206. The van der Waals surface area contributed by atoms with Gasteiger partial charge in [-0.3, -0.25) is 9.59 Å². The Morgan fingerprint density at radius 3 is 2.04 bits per heavy atom. The minimum Gasteiger partial charge on any atom is -0.455 e. The summed E-state index contributed by atoms with van der Waals surface area (Å²) < 4.78 is 17.0. The van der Waals surface area contributed by atoms with E-state index in [1.807, 2.05) is 13.8 Å². The van der Waals surface area contributed by atoms with Crippen molar-refractivity contribution < 1.29 is 23.8 Å². The van der Waals surface area contributed by atoms with E-state index in [1.54, 1.807) is 41.5 Å². The van der Waals surface area contributed by atoms with E-state index in [4.69, 9.17) is 19.7 Å². The minimum atomic E-state index is -1.03. The number of ether oxygens (including phenoxy) is 3. The summed E-state index contributed by atoms with van der Waals surface area (Å²) in [5.41, 5.74) is 7.36. The summed E-state index contributed by atoms with van der Waals surface area (Å²) in [6.45, 7) is 14.2. The van der Waals surface area contributed by atoms with Crippen molar-refractivity contribution in [2.24, 2.45) is 21.9 Å². The van der Waals surface area contributed by atoms with Crippen LogP contribution in [0.3, 0.4) is 0 Å². The van der Waals surface area contributed by atoms with Crippen molar-refractivity contribution in [2.45, 2.75) is 86.4 Å². The molecule has 1 heterocycles. The van der Waals surface area contributed by atoms with Crippen LogP contribution in [0.15, 0.2) is 5.11 Å². The van der Waals surface area contributed by atoms with Crippen LogP contribution in [0.4, 0.5) is 0 Å². The average Bonchev–Trinajstić information content (AvgIpc) is 2.80. The molecule has 0 N–H and O–H groups in total. The van der Waals surface area contributed by atoms with Gasteiger partial charge in [-0.25, -0.2) is 0 Å². The molecule has 0 saturated carbocycles. The maximum atomic E-state index is 12.4. The molecule has 0 aromatic rings. The molecule has 1 fully saturated rings. The molecule has 1 aliphatic heterocycles. The molecule has 1 saturated heterocycles. The maximum absolute atomic E-state index is 12.4. The van der Waals surface area contributed by atoms with Crippen molar-refractivity contribution in [1.29, 1.82) is 0 Å². The topological polar surface area (TPSA) is 111 Å². The monoisotopic (exact) mass is 369 g/mol. The lowest BCUT2D eigenvalue weighted by atomic mass is 9.93. The van der Waals surface area contributed by atoms with E-state index in [1.165, 1.54) is 0 Å². The molecule has 5 atom stereocenters. The SMILES string of the molecule is CC[C@@H](N=[N+]=[N-])[C@@H]1O[C@@H](OC(=O)C(C)(C)C)[C@H](OC(=O)C(C)(C)C)[C@H]1C. The van der Waals surface area contributed by atoms with Gasteiger partial charge >= 0.3 is 11.9 Å². The number of rotatable bonds is 5. The van der Waals surface area contributed by atoms with E-state index < -0.39 is 47.3 Å². The highest BCUT2D eigenvalue weighted by Gasteiger charge is 2.50. The second-order valence-electron chi connectivity index (χ2n) is 8.78. The maximum Gasteiger partial charge on any atom is 0.313 e. The molecule has 0 radical (unpaired) electrons. The first-order valence-corrected chi connectivity index (χ1v) is 8.94. The highest BCUT2D eigenvalue weighted by atomic mass is 16.7. The van der Waals surface area contributed by atoms with Crippen molar-refractivity contribution in [1.82, 2.24) is 0 Å². The second-order valence-corrected chi connectivity index (χ2v) is 8.78. The molecule has 0 spiro atoms. The Labute approximate surface area is 155 Å². The molecular formula is C18H31N3O5. The first-order valence-electron chi connectivity index (χ1n) is 8.94. The van der Waals surface area contributed by atoms with Crippen molar-refractivity contribution >= 4 is 11.9 Å². The van der Waals surface area contributed by atoms with E-state index in [0.717, 1.165) is 0 Å². The summed E-state index contributed by atoms with van der Waals surface area (Å²) in [5.74, 6) is -1.16. The first-order chi connectivity index (χ1) is 11.8. The zero-order chi connectivity index (χ0) is 20.3. The number of carbonyl (C=O) groups is 2. The summed E-state index contributed by atoms with van der Waals surface area (Å²) in [4.78, 5) is 27.5. The van der Waals surface area contributed by atoms with Gasteiger partial charge in [-0.2, -0.15) is 0 Å². The number of esters is 2. The van der Waals surface area contributed by atoms with Gasteiger partial charge in [-0.05, 0) is 53.5 Å². The van der Waals surface area contributed by atoms with Crippen LogP contribution in [0.2, 0.25) is 0 Å². The van der Waals surface area contributed by atoms with Gasteiger partial charge in [-0.15, -0.1) is 0 Å². The van der Waals surface area contributed by atoms with Gasteiger partial charge in [0.15, 0.2) is 6.10 Å². The van der Waals surface area contributed by atoms with Gasteiger partial charge < -0.3 is 14.2 Å². The fourth-order valence-corrected chi connectivity index (χ4v) is 2.52. The molecule has 1 rings (SSSR count). The first kappa shape index (κ1) is 22.3. The normalized spacial score (nSPS) is 27.4. The van der Waals surface area contributed by atoms with Crippen LogP contribution >= 0.6 is 0 Å². The fraction of sp³-hybridized carbons (Fsp3) is 0.889. The zero-order valence-electron chi connectivity index (χ0n) is 17.0. The lowest BCUT2D eigenvalue weighted by Crippen LogP contribution is -2.40. The molecule has 1 aliphatic rings. The van der Waals surface area contributed by atoms with Gasteiger partial charge in [0.05, 0.1) is 23.0 Å². The molecule has 0 unspecified atom stereocenters. The highest BCUT2D eigenvalue weighted by molar-refractivity contribution is 5.76. The molecule has 8 heteroatoms. The number of azide groups is 1. The van der Waals surface area contributed by atoms with Crippen LogP contribution in [-0.4, -0.2) is 36.5 Å². The van der Waals surface area contributed by atoms with Gasteiger partial charge in [0.25, 0.3) is 0 Å². The van der Waals surface area contributed by atoms with Crippen molar-refractivity contribution in [3.63, 3.8) is 0 Å². The van der Waals surface area contributed by atoms with Crippen molar-refractivity contribution in [3.8, 4) is 0 Å². The van der Waals surface area contributed by atoms with Crippen LogP contribution in [0, 0.1) is 16.7 Å². The molecule has 0 bridgehead atoms. The third kappa shape index (κ3) is 5.35. The fourth-order valence-electron chi connectivity index (χ4n) is 2.52. The molecule has 148 valence electrons. The molecule has 0 aromatic carbocycles. The Morgan fingerprint density at radius 2 is 1.62 bits per heavy atom. The van der Waals surface area contributed by atoms with Gasteiger partial charge in [0.1, 0.15) is 0 Å². The van der Waals surface area contributed by atoms with E-state index in [2.05, 4.69) is 10.0 Å². The third-order valence-corrected chi connectivity index (χ3v) is 4.28. The summed E-state index contributed by atoms with van der Waals surface area (Å²) >= 11 is 0. The second kappa shape index (κ2) is 8.27. The quantitative estimate of drug-likeness (QED) is 0.315. The molecule has 26 heavy (non-hydrogen) atoms. The summed E-state index contributed by atoms with van der Waals surface area (Å²) in [7, 11) is 0. The largest absolute Gasteiger partial charge is 0.455 e. The number of carbonyl (C=O) groups excluding carboxylic acids is 2. The summed E-state index contributed by atoms with van der Waals surface area (Å²) in [6.07, 6.45) is -1.75.